The Hall–Kier alpha value is -0.470. The van der Waals surface area contributed by atoms with Crippen molar-refractivity contribution in [3.8, 4) is 0 Å². The second-order valence-electron chi connectivity index (χ2n) is 6.70. The Kier molecular flexibility index (Phi) is 6.63. The number of amides is 1. The van der Waals surface area contributed by atoms with Gasteiger partial charge in [-0.2, -0.15) is 0 Å². The van der Waals surface area contributed by atoms with Gasteiger partial charge in [-0.1, -0.05) is 26.2 Å². The molecule has 0 heterocycles. The molecule has 120 valence electrons. The maximum atomic E-state index is 12.3. The first-order valence-electron chi connectivity index (χ1n) is 8.24. The molecule has 0 spiro atoms. The first-order chi connectivity index (χ1) is 10.2. The highest BCUT2D eigenvalue weighted by Crippen LogP contribution is 2.41. The van der Waals surface area contributed by atoms with E-state index in [4.69, 9.17) is 4.52 Å². The Morgan fingerprint density at radius 2 is 2.00 bits per heavy atom. The zero-order valence-electron chi connectivity index (χ0n) is 12.9. The van der Waals surface area contributed by atoms with Gasteiger partial charge in [0.1, 0.15) is 6.29 Å². The van der Waals surface area contributed by atoms with Crippen molar-refractivity contribution in [2.45, 2.75) is 58.0 Å². The molecule has 0 bridgehead atoms. The second-order valence-corrected chi connectivity index (χ2v) is 6.97. The molecule has 2 saturated carbocycles. The molecule has 0 aromatic rings. The molecule has 5 atom stereocenters. The summed E-state index contributed by atoms with van der Waals surface area (Å²) in [4.78, 5) is 23.2. The van der Waals surface area contributed by atoms with Gasteiger partial charge in [0.15, 0.2) is 0 Å². The molecule has 2 unspecified atom stereocenters. The number of rotatable bonds is 6. The molecule has 0 aromatic carbocycles. The summed E-state index contributed by atoms with van der Waals surface area (Å²) in [5.41, 5.74) is 0. The van der Waals surface area contributed by atoms with Crippen LogP contribution in [0.1, 0.15) is 51.9 Å². The van der Waals surface area contributed by atoms with Gasteiger partial charge in [-0.05, 0) is 31.1 Å². The van der Waals surface area contributed by atoms with Crippen molar-refractivity contribution < 1.29 is 14.1 Å². The summed E-state index contributed by atoms with van der Waals surface area (Å²) >= 11 is 0. The average molecular weight is 313 g/mol. The van der Waals surface area contributed by atoms with Crippen molar-refractivity contribution in [1.82, 2.24) is 5.32 Å². The minimum Gasteiger partial charge on any atom is -0.362 e. The number of aldehydes is 1. The SMILES string of the molecule is C[C@H]1CC(OP)[C@H](CNC(=O)C2CCCCC2)[C@H]1CC=O. The Bertz CT molecular complexity index is 357. The maximum absolute atomic E-state index is 12.3. The summed E-state index contributed by atoms with van der Waals surface area (Å²) in [6.45, 7) is 2.81. The average Bonchev–Trinajstić information content (AvgIpc) is 2.82. The van der Waals surface area contributed by atoms with Crippen LogP contribution in [0.5, 0.6) is 0 Å². The van der Waals surface area contributed by atoms with Crippen LogP contribution in [0.2, 0.25) is 0 Å². The molecule has 1 amide bonds. The summed E-state index contributed by atoms with van der Waals surface area (Å²) in [5, 5.41) is 3.12. The Balaban J connectivity index is 1.89. The predicted octanol–water partition coefficient (Wildman–Crippen LogP) is 2.72. The number of nitrogens with one attached hydrogen (secondary N) is 1. The van der Waals surface area contributed by atoms with Gasteiger partial charge in [-0.3, -0.25) is 4.79 Å². The highest BCUT2D eigenvalue weighted by molar-refractivity contribution is 7.09. The topological polar surface area (TPSA) is 55.4 Å². The van der Waals surface area contributed by atoms with E-state index in [-0.39, 0.29) is 23.8 Å². The van der Waals surface area contributed by atoms with E-state index in [1.54, 1.807) is 0 Å². The standard InChI is InChI=1S/C16H28NO3P/c1-11-9-15(20-21)14(13(11)7-8-18)10-17-16(19)12-5-3-2-4-6-12/h8,11-15H,2-7,9-10,21H2,1H3,(H,17,19)/t11-,13-,14+,15?/m0/s1. The fourth-order valence-corrected chi connectivity index (χ4v) is 4.41. The maximum Gasteiger partial charge on any atom is 0.223 e. The second kappa shape index (κ2) is 8.24. The molecule has 0 radical (unpaired) electrons. The monoisotopic (exact) mass is 313 g/mol. The van der Waals surface area contributed by atoms with Crippen molar-refractivity contribution in [3.63, 3.8) is 0 Å². The summed E-state index contributed by atoms with van der Waals surface area (Å²) in [6.07, 6.45) is 8.30. The molecule has 2 aliphatic carbocycles. The lowest BCUT2D eigenvalue weighted by molar-refractivity contribution is -0.126. The van der Waals surface area contributed by atoms with Gasteiger partial charge < -0.3 is 14.6 Å². The van der Waals surface area contributed by atoms with Gasteiger partial charge in [0.25, 0.3) is 0 Å². The van der Waals surface area contributed by atoms with E-state index in [0.29, 0.717) is 24.8 Å². The molecule has 5 heteroatoms. The Morgan fingerprint density at radius 3 is 2.62 bits per heavy atom. The van der Waals surface area contributed by atoms with E-state index >= 15 is 0 Å². The molecule has 2 aliphatic rings. The zero-order chi connectivity index (χ0) is 15.2. The molecular formula is C16H28NO3P. The van der Waals surface area contributed by atoms with E-state index in [1.807, 2.05) is 0 Å². The van der Waals surface area contributed by atoms with E-state index in [9.17, 15) is 9.59 Å². The normalized spacial score (nSPS) is 33.8. The Morgan fingerprint density at radius 1 is 1.29 bits per heavy atom. The first kappa shape index (κ1) is 16.9. The zero-order valence-corrected chi connectivity index (χ0v) is 14.1. The third-order valence-electron chi connectivity index (χ3n) is 5.39. The minimum absolute atomic E-state index is 0.126. The van der Waals surface area contributed by atoms with Crippen molar-refractivity contribution in [1.29, 1.82) is 0 Å². The third kappa shape index (κ3) is 4.26. The van der Waals surface area contributed by atoms with Crippen molar-refractivity contribution >= 4 is 21.7 Å². The van der Waals surface area contributed by atoms with Crippen LogP contribution in [-0.4, -0.2) is 24.8 Å². The van der Waals surface area contributed by atoms with Crippen molar-refractivity contribution in [3.05, 3.63) is 0 Å². The molecule has 0 aliphatic heterocycles. The molecule has 4 nitrogen and oxygen atoms in total. The highest BCUT2D eigenvalue weighted by atomic mass is 31.0. The smallest absolute Gasteiger partial charge is 0.223 e. The van der Waals surface area contributed by atoms with Crippen LogP contribution in [0.15, 0.2) is 0 Å². The summed E-state index contributed by atoms with van der Waals surface area (Å²) in [6, 6.07) is 0. The minimum atomic E-state index is 0.126. The van der Waals surface area contributed by atoms with Gasteiger partial charge in [0.05, 0.1) is 6.10 Å². The Labute approximate surface area is 130 Å². The molecule has 21 heavy (non-hydrogen) atoms. The van der Waals surface area contributed by atoms with Crippen molar-refractivity contribution in [2.24, 2.45) is 23.7 Å². The molecule has 2 rings (SSSR count). The lowest BCUT2D eigenvalue weighted by atomic mass is 9.86. The van der Waals surface area contributed by atoms with Crippen molar-refractivity contribution in [2.75, 3.05) is 6.54 Å². The lowest BCUT2D eigenvalue weighted by Crippen LogP contribution is -2.39. The fourth-order valence-electron chi connectivity index (χ4n) is 4.10. The van der Waals surface area contributed by atoms with Crippen LogP contribution >= 0.6 is 9.47 Å². The number of carbonyl (C=O) groups excluding carboxylic acids is 2. The van der Waals surface area contributed by atoms with Crippen LogP contribution in [0, 0.1) is 23.7 Å². The predicted molar refractivity (Wildman–Crippen MR) is 85.6 cm³/mol. The number of hydrogen-bond acceptors (Lipinski definition) is 3. The molecule has 1 N–H and O–H groups in total. The van der Waals surface area contributed by atoms with Gasteiger partial charge in [-0.15, -0.1) is 0 Å². The van der Waals surface area contributed by atoms with Crippen LogP contribution in [-0.2, 0) is 14.1 Å². The van der Waals surface area contributed by atoms with Gasteiger partial charge >= 0.3 is 0 Å². The molecule has 0 aromatic heterocycles. The molecular weight excluding hydrogens is 285 g/mol. The van der Waals surface area contributed by atoms with Crippen LogP contribution in [0.4, 0.5) is 0 Å². The van der Waals surface area contributed by atoms with Gasteiger partial charge in [0, 0.05) is 34.3 Å². The van der Waals surface area contributed by atoms with Gasteiger partial charge in [-0.25, -0.2) is 0 Å². The highest BCUT2D eigenvalue weighted by Gasteiger charge is 2.41. The summed E-state index contributed by atoms with van der Waals surface area (Å²) in [7, 11) is 2.34. The lowest BCUT2D eigenvalue weighted by Gasteiger charge is -2.26. The van der Waals surface area contributed by atoms with E-state index in [2.05, 4.69) is 21.7 Å². The largest absolute Gasteiger partial charge is 0.362 e. The number of hydrogen-bond donors (Lipinski definition) is 1. The van der Waals surface area contributed by atoms with Crippen LogP contribution in [0.3, 0.4) is 0 Å². The molecule has 2 fully saturated rings. The fraction of sp³-hybridized carbons (Fsp3) is 0.875. The third-order valence-corrected chi connectivity index (χ3v) is 5.74. The number of carbonyl (C=O) groups is 2. The van der Waals surface area contributed by atoms with Gasteiger partial charge in [0.2, 0.25) is 5.91 Å². The summed E-state index contributed by atoms with van der Waals surface area (Å²) in [5.74, 6) is 1.42. The quantitative estimate of drug-likeness (QED) is 0.606. The molecule has 0 saturated heterocycles. The van der Waals surface area contributed by atoms with E-state index in [1.165, 1.54) is 19.3 Å². The van der Waals surface area contributed by atoms with E-state index < -0.39 is 0 Å². The van der Waals surface area contributed by atoms with E-state index in [0.717, 1.165) is 25.5 Å². The summed E-state index contributed by atoms with van der Waals surface area (Å²) < 4.78 is 5.50. The van der Waals surface area contributed by atoms with Crippen LogP contribution in [0.25, 0.3) is 0 Å². The van der Waals surface area contributed by atoms with Crippen LogP contribution < -0.4 is 5.32 Å². The first-order valence-corrected chi connectivity index (χ1v) is 8.71.